The Morgan fingerprint density at radius 1 is 1.00 bits per heavy atom. The number of hydrogen-bond donors (Lipinski definition) is 1. The van der Waals surface area contributed by atoms with Gasteiger partial charge in [-0.25, -0.2) is 0 Å². The highest BCUT2D eigenvalue weighted by Gasteiger charge is 2.14. The van der Waals surface area contributed by atoms with E-state index in [0.29, 0.717) is 0 Å². The Balaban J connectivity index is 2.04. The summed E-state index contributed by atoms with van der Waals surface area (Å²) >= 11 is 0. The van der Waals surface area contributed by atoms with Crippen LogP contribution in [0.1, 0.15) is 27.9 Å². The lowest BCUT2D eigenvalue weighted by molar-refractivity contribution is 0.548. The summed E-state index contributed by atoms with van der Waals surface area (Å²) in [6.07, 6.45) is 0.898. The summed E-state index contributed by atoms with van der Waals surface area (Å²) in [6, 6.07) is 12.5. The van der Waals surface area contributed by atoms with Crippen LogP contribution in [0.4, 0.5) is 5.69 Å². The van der Waals surface area contributed by atoms with Crippen LogP contribution in [0, 0.1) is 27.7 Å². The zero-order valence-corrected chi connectivity index (χ0v) is 14.1. The van der Waals surface area contributed by atoms with E-state index in [0.717, 1.165) is 40.8 Å². The standard InChI is InChI=1S/C20H22N2O/c1-13-7-5-8-14(2)18(13)11-21-19-10-6-9-17-15(3)16(4)22(12-23)20(17)19/h5-10,12,21H,11H2,1-4H3. The van der Waals surface area contributed by atoms with Crippen molar-refractivity contribution in [1.29, 1.82) is 0 Å². The van der Waals surface area contributed by atoms with Crippen molar-refractivity contribution in [3.8, 4) is 0 Å². The van der Waals surface area contributed by atoms with Crippen LogP contribution in [0.2, 0.25) is 0 Å². The summed E-state index contributed by atoms with van der Waals surface area (Å²) in [5, 5.41) is 4.65. The largest absolute Gasteiger partial charge is 0.379 e. The number of benzene rings is 2. The van der Waals surface area contributed by atoms with Gasteiger partial charge in [-0.15, -0.1) is 0 Å². The summed E-state index contributed by atoms with van der Waals surface area (Å²) in [5.74, 6) is 0. The molecule has 2 aromatic carbocycles. The van der Waals surface area contributed by atoms with E-state index in [1.807, 2.05) is 19.1 Å². The summed E-state index contributed by atoms with van der Waals surface area (Å²) < 4.78 is 1.73. The number of carbonyl (C=O) groups excluding carboxylic acids is 1. The Kier molecular flexibility index (Phi) is 3.95. The fraction of sp³-hybridized carbons (Fsp3) is 0.250. The average molecular weight is 306 g/mol. The number of rotatable bonds is 4. The maximum absolute atomic E-state index is 11.5. The molecule has 3 heteroatoms. The van der Waals surface area contributed by atoms with Crippen LogP contribution in [-0.2, 0) is 11.3 Å². The van der Waals surface area contributed by atoms with Crippen molar-refractivity contribution in [2.75, 3.05) is 5.32 Å². The third-order valence-electron chi connectivity index (χ3n) is 4.79. The molecule has 0 saturated heterocycles. The SMILES string of the molecule is Cc1cccc(C)c1CNc1cccc2c(C)c(C)n(C=O)c12. The molecule has 23 heavy (non-hydrogen) atoms. The molecule has 0 aliphatic heterocycles. The number of para-hydroxylation sites is 1. The molecule has 1 heterocycles. The van der Waals surface area contributed by atoms with Crippen molar-refractivity contribution in [2.24, 2.45) is 0 Å². The van der Waals surface area contributed by atoms with E-state index in [-0.39, 0.29) is 0 Å². The number of anilines is 1. The summed E-state index contributed by atoms with van der Waals surface area (Å²) in [6.45, 7) is 9.06. The minimum Gasteiger partial charge on any atom is -0.379 e. The minimum absolute atomic E-state index is 0.750. The molecule has 118 valence electrons. The maximum atomic E-state index is 11.5. The second-order valence-corrected chi connectivity index (χ2v) is 6.11. The van der Waals surface area contributed by atoms with Gasteiger partial charge in [0.1, 0.15) is 0 Å². The molecule has 0 aliphatic rings. The van der Waals surface area contributed by atoms with Crippen LogP contribution < -0.4 is 5.32 Å². The summed E-state index contributed by atoms with van der Waals surface area (Å²) in [4.78, 5) is 11.5. The highest BCUT2D eigenvalue weighted by Crippen LogP contribution is 2.30. The highest BCUT2D eigenvalue weighted by atomic mass is 16.1. The third-order valence-corrected chi connectivity index (χ3v) is 4.79. The first-order valence-electron chi connectivity index (χ1n) is 7.89. The second-order valence-electron chi connectivity index (χ2n) is 6.11. The molecule has 1 N–H and O–H groups in total. The highest BCUT2D eigenvalue weighted by molar-refractivity contribution is 5.98. The molecular formula is C20H22N2O. The number of aryl methyl sites for hydroxylation is 3. The molecule has 1 aromatic heterocycles. The monoisotopic (exact) mass is 306 g/mol. The number of aromatic nitrogens is 1. The van der Waals surface area contributed by atoms with Crippen molar-refractivity contribution in [1.82, 2.24) is 4.57 Å². The van der Waals surface area contributed by atoms with Gasteiger partial charge >= 0.3 is 0 Å². The molecule has 0 amide bonds. The van der Waals surface area contributed by atoms with Crippen molar-refractivity contribution in [3.63, 3.8) is 0 Å². The fourth-order valence-electron chi connectivity index (χ4n) is 3.23. The van der Waals surface area contributed by atoms with Crippen LogP contribution in [-0.4, -0.2) is 11.0 Å². The first kappa shape index (κ1) is 15.3. The Bertz CT molecular complexity index is 870. The lowest BCUT2D eigenvalue weighted by Gasteiger charge is -2.13. The predicted octanol–water partition coefficient (Wildman–Crippen LogP) is 4.53. The molecule has 0 atom stereocenters. The molecule has 0 radical (unpaired) electrons. The predicted molar refractivity (Wildman–Crippen MR) is 96.8 cm³/mol. The third kappa shape index (κ3) is 2.52. The lowest BCUT2D eigenvalue weighted by Crippen LogP contribution is -2.06. The Labute approximate surface area is 136 Å². The van der Waals surface area contributed by atoms with E-state index >= 15 is 0 Å². The van der Waals surface area contributed by atoms with Crippen LogP contribution in [0.15, 0.2) is 36.4 Å². The smallest absolute Gasteiger partial charge is 0.218 e. The summed E-state index contributed by atoms with van der Waals surface area (Å²) in [7, 11) is 0. The van der Waals surface area contributed by atoms with Crippen LogP contribution in [0.3, 0.4) is 0 Å². The van der Waals surface area contributed by atoms with Crippen LogP contribution in [0.25, 0.3) is 10.9 Å². The minimum atomic E-state index is 0.750. The van der Waals surface area contributed by atoms with Gasteiger partial charge in [0, 0.05) is 17.6 Å². The molecular weight excluding hydrogens is 284 g/mol. The number of carbonyl (C=O) groups is 1. The van der Waals surface area contributed by atoms with Gasteiger partial charge < -0.3 is 5.32 Å². The molecule has 0 aliphatic carbocycles. The molecule has 3 rings (SSSR count). The Morgan fingerprint density at radius 2 is 1.65 bits per heavy atom. The lowest BCUT2D eigenvalue weighted by atomic mass is 10.0. The van der Waals surface area contributed by atoms with Gasteiger partial charge in [-0.2, -0.15) is 0 Å². The summed E-state index contributed by atoms with van der Waals surface area (Å²) in [5.41, 5.74) is 7.98. The van der Waals surface area contributed by atoms with E-state index in [4.69, 9.17) is 0 Å². The van der Waals surface area contributed by atoms with Gasteiger partial charge in [0.15, 0.2) is 0 Å². The van der Waals surface area contributed by atoms with E-state index in [1.165, 1.54) is 16.7 Å². The van der Waals surface area contributed by atoms with Crippen LogP contribution in [0.5, 0.6) is 0 Å². The Hall–Kier alpha value is -2.55. The molecule has 0 fully saturated rings. The maximum Gasteiger partial charge on any atom is 0.218 e. The van der Waals surface area contributed by atoms with Crippen LogP contribution >= 0.6 is 0 Å². The molecule has 3 nitrogen and oxygen atoms in total. The molecule has 0 bridgehead atoms. The van der Waals surface area contributed by atoms with E-state index in [2.05, 4.69) is 50.4 Å². The number of fused-ring (bicyclic) bond motifs is 1. The first-order valence-corrected chi connectivity index (χ1v) is 7.89. The zero-order valence-electron chi connectivity index (χ0n) is 14.1. The zero-order chi connectivity index (χ0) is 16.6. The van der Waals surface area contributed by atoms with Gasteiger partial charge in [0.05, 0.1) is 11.2 Å². The second kappa shape index (κ2) is 5.92. The van der Waals surface area contributed by atoms with Gasteiger partial charge in [-0.05, 0) is 56.0 Å². The molecule has 0 spiro atoms. The number of hydrogen-bond acceptors (Lipinski definition) is 2. The Morgan fingerprint density at radius 3 is 2.30 bits per heavy atom. The molecule has 0 unspecified atom stereocenters. The quantitative estimate of drug-likeness (QED) is 0.719. The fourth-order valence-corrected chi connectivity index (χ4v) is 3.23. The average Bonchev–Trinajstić information content (AvgIpc) is 2.79. The van der Waals surface area contributed by atoms with Gasteiger partial charge in [-0.3, -0.25) is 9.36 Å². The normalized spacial score (nSPS) is 11.0. The van der Waals surface area contributed by atoms with E-state index in [9.17, 15) is 4.79 Å². The van der Waals surface area contributed by atoms with E-state index in [1.54, 1.807) is 4.57 Å². The first-order chi connectivity index (χ1) is 11.0. The van der Waals surface area contributed by atoms with Gasteiger partial charge in [0.25, 0.3) is 0 Å². The molecule has 3 aromatic rings. The van der Waals surface area contributed by atoms with Gasteiger partial charge in [0.2, 0.25) is 6.41 Å². The number of nitrogens with one attached hydrogen (secondary N) is 1. The number of nitrogens with zero attached hydrogens (tertiary/aromatic N) is 1. The van der Waals surface area contributed by atoms with E-state index < -0.39 is 0 Å². The van der Waals surface area contributed by atoms with Crippen molar-refractivity contribution < 1.29 is 4.79 Å². The van der Waals surface area contributed by atoms with Crippen molar-refractivity contribution in [2.45, 2.75) is 34.2 Å². The molecule has 0 saturated carbocycles. The topological polar surface area (TPSA) is 34.0 Å². The van der Waals surface area contributed by atoms with Crippen molar-refractivity contribution >= 4 is 23.0 Å². The van der Waals surface area contributed by atoms with Gasteiger partial charge in [-0.1, -0.05) is 30.3 Å². The van der Waals surface area contributed by atoms with Crippen molar-refractivity contribution in [3.05, 3.63) is 64.3 Å².